The normalized spacial score (nSPS) is 12.4. The molecule has 0 bridgehead atoms. The van der Waals surface area contributed by atoms with Crippen LogP contribution in [0.25, 0.3) is 0 Å². The van der Waals surface area contributed by atoms with Crippen LogP contribution in [0.4, 0.5) is 0 Å². The number of hydrogen-bond donors (Lipinski definition) is 0. The lowest BCUT2D eigenvalue weighted by molar-refractivity contribution is -0.167. The average Bonchev–Trinajstić information content (AvgIpc) is 3.19. The predicted octanol–water partition coefficient (Wildman–Crippen LogP) is 15.1. The highest BCUT2D eigenvalue weighted by molar-refractivity contribution is 5.71. The molecule has 6 nitrogen and oxygen atoms in total. The molecular formula is C50H88O6. The van der Waals surface area contributed by atoms with E-state index in [9.17, 15) is 14.4 Å². The largest absolute Gasteiger partial charge is 0.462 e. The first-order valence-corrected chi connectivity index (χ1v) is 23.6. The zero-order valence-electron chi connectivity index (χ0n) is 36.9. The number of carbonyl (C=O) groups excluding carboxylic acids is 3. The van der Waals surface area contributed by atoms with Gasteiger partial charge in [-0.15, -0.1) is 0 Å². The van der Waals surface area contributed by atoms with Gasteiger partial charge >= 0.3 is 17.9 Å². The van der Waals surface area contributed by atoms with Gasteiger partial charge < -0.3 is 14.2 Å². The Morgan fingerprint density at radius 2 is 0.714 bits per heavy atom. The van der Waals surface area contributed by atoms with Gasteiger partial charge in [0.05, 0.1) is 0 Å². The summed E-state index contributed by atoms with van der Waals surface area (Å²) in [7, 11) is 0. The molecule has 324 valence electrons. The fourth-order valence-electron chi connectivity index (χ4n) is 6.50. The molecule has 0 aromatic carbocycles. The first-order valence-electron chi connectivity index (χ1n) is 23.6. The molecule has 0 aliphatic rings. The van der Waals surface area contributed by atoms with E-state index >= 15 is 0 Å². The number of ether oxygens (including phenoxy) is 3. The van der Waals surface area contributed by atoms with E-state index in [1.165, 1.54) is 96.3 Å². The molecule has 56 heavy (non-hydrogen) atoms. The zero-order chi connectivity index (χ0) is 40.8. The number of carbonyl (C=O) groups is 3. The van der Waals surface area contributed by atoms with E-state index in [2.05, 4.69) is 69.4 Å². The van der Waals surface area contributed by atoms with Crippen LogP contribution in [0.2, 0.25) is 0 Å². The summed E-state index contributed by atoms with van der Waals surface area (Å²) in [6.07, 6.45) is 52.5. The van der Waals surface area contributed by atoms with E-state index in [0.717, 1.165) is 89.9 Å². The average molecular weight is 785 g/mol. The van der Waals surface area contributed by atoms with Crippen molar-refractivity contribution in [3.8, 4) is 0 Å². The molecule has 0 aromatic heterocycles. The lowest BCUT2D eigenvalue weighted by atomic mass is 10.0. The highest BCUT2D eigenvalue weighted by Gasteiger charge is 2.19. The van der Waals surface area contributed by atoms with Gasteiger partial charge in [-0.2, -0.15) is 0 Å². The molecular weight excluding hydrogens is 697 g/mol. The van der Waals surface area contributed by atoms with Gasteiger partial charge in [0.15, 0.2) is 6.10 Å². The van der Waals surface area contributed by atoms with Crippen molar-refractivity contribution < 1.29 is 28.6 Å². The Morgan fingerprint density at radius 3 is 1.20 bits per heavy atom. The summed E-state index contributed by atoms with van der Waals surface area (Å²) in [6, 6.07) is 0. The molecule has 6 heteroatoms. The lowest BCUT2D eigenvalue weighted by Crippen LogP contribution is -2.30. The van der Waals surface area contributed by atoms with Crippen molar-refractivity contribution in [2.24, 2.45) is 0 Å². The lowest BCUT2D eigenvalue weighted by Gasteiger charge is -2.18. The summed E-state index contributed by atoms with van der Waals surface area (Å²) in [5, 5.41) is 0. The highest BCUT2D eigenvalue weighted by Crippen LogP contribution is 2.15. The summed E-state index contributed by atoms with van der Waals surface area (Å²) < 4.78 is 16.7. The minimum absolute atomic E-state index is 0.0903. The minimum Gasteiger partial charge on any atom is -0.462 e. The van der Waals surface area contributed by atoms with E-state index in [1.54, 1.807) is 0 Å². The Balaban J connectivity index is 4.37. The van der Waals surface area contributed by atoms with Gasteiger partial charge in [-0.3, -0.25) is 14.4 Å². The SMILES string of the molecule is CC/C=C\C/C=C\C/C=C\CCCCC(=O)OC(COC(=O)CCCCCC/C=C\CCCC)COC(=O)CCCCCCCCCCCCCCCCCC. The Bertz CT molecular complexity index is 996. The number of rotatable bonds is 42. The third-order valence-electron chi connectivity index (χ3n) is 10.1. The summed E-state index contributed by atoms with van der Waals surface area (Å²) in [4.78, 5) is 37.7. The van der Waals surface area contributed by atoms with Crippen molar-refractivity contribution in [1.82, 2.24) is 0 Å². The molecule has 0 aliphatic carbocycles. The maximum atomic E-state index is 12.7. The Labute approximate surface area is 346 Å². The molecule has 0 radical (unpaired) electrons. The van der Waals surface area contributed by atoms with Crippen LogP contribution in [0, 0.1) is 0 Å². The van der Waals surface area contributed by atoms with Gasteiger partial charge in [-0.1, -0.05) is 191 Å². The second-order valence-electron chi connectivity index (χ2n) is 15.6. The number of allylic oxidation sites excluding steroid dienone is 8. The summed E-state index contributed by atoms with van der Waals surface area (Å²) in [6.45, 7) is 6.43. The van der Waals surface area contributed by atoms with Crippen molar-refractivity contribution in [3.05, 3.63) is 48.6 Å². The minimum atomic E-state index is -0.792. The molecule has 1 atom stereocenters. The van der Waals surface area contributed by atoms with Crippen LogP contribution in [0.5, 0.6) is 0 Å². The molecule has 0 rings (SSSR count). The molecule has 0 N–H and O–H groups in total. The van der Waals surface area contributed by atoms with Gasteiger partial charge in [-0.05, 0) is 70.6 Å². The van der Waals surface area contributed by atoms with Gasteiger partial charge in [0.25, 0.3) is 0 Å². The molecule has 0 spiro atoms. The number of esters is 3. The molecule has 0 amide bonds. The third kappa shape index (κ3) is 42.5. The van der Waals surface area contributed by atoms with E-state index in [1.807, 2.05) is 0 Å². The molecule has 0 aliphatic heterocycles. The molecule has 0 aromatic rings. The maximum absolute atomic E-state index is 12.7. The van der Waals surface area contributed by atoms with Gasteiger partial charge in [0.2, 0.25) is 0 Å². The van der Waals surface area contributed by atoms with Crippen molar-refractivity contribution in [1.29, 1.82) is 0 Å². The van der Waals surface area contributed by atoms with Crippen LogP contribution < -0.4 is 0 Å². The molecule has 0 heterocycles. The standard InChI is InChI=1S/C50H88O6/c1-4-7-10-13-16-19-22-24-25-26-27-29-31-34-37-40-43-49(52)55-46-47(45-54-48(51)42-39-36-33-30-21-18-15-12-9-6-3)56-50(53)44-41-38-35-32-28-23-20-17-14-11-8-5-2/h8,11,15,17-18,20,28,32,47H,4-7,9-10,12-14,16,19,21-27,29-31,33-46H2,1-3H3/b11-8-,18-15-,20-17-,32-28-. The summed E-state index contributed by atoms with van der Waals surface area (Å²) >= 11 is 0. The quantitative estimate of drug-likeness (QED) is 0.0265. The van der Waals surface area contributed by atoms with Crippen molar-refractivity contribution in [2.75, 3.05) is 13.2 Å². The first-order chi connectivity index (χ1) is 27.5. The fraction of sp³-hybridized carbons (Fsp3) is 0.780. The van der Waals surface area contributed by atoms with Crippen molar-refractivity contribution in [3.63, 3.8) is 0 Å². The van der Waals surface area contributed by atoms with E-state index in [-0.39, 0.29) is 37.5 Å². The highest BCUT2D eigenvalue weighted by atomic mass is 16.6. The van der Waals surface area contributed by atoms with Gasteiger partial charge in [0, 0.05) is 19.3 Å². The molecule has 0 saturated heterocycles. The molecule has 0 saturated carbocycles. The predicted molar refractivity (Wildman–Crippen MR) is 238 cm³/mol. The Kier molecular flexibility index (Phi) is 43.0. The van der Waals surface area contributed by atoms with Crippen LogP contribution in [-0.2, 0) is 28.6 Å². The second kappa shape index (κ2) is 45.1. The topological polar surface area (TPSA) is 78.9 Å². The third-order valence-corrected chi connectivity index (χ3v) is 10.1. The smallest absolute Gasteiger partial charge is 0.306 e. The van der Waals surface area contributed by atoms with E-state index in [0.29, 0.717) is 19.3 Å². The van der Waals surface area contributed by atoms with Crippen molar-refractivity contribution in [2.45, 2.75) is 239 Å². The van der Waals surface area contributed by atoms with Crippen LogP contribution in [0.1, 0.15) is 233 Å². The monoisotopic (exact) mass is 785 g/mol. The first kappa shape index (κ1) is 53.4. The van der Waals surface area contributed by atoms with Gasteiger partial charge in [-0.25, -0.2) is 0 Å². The fourth-order valence-corrected chi connectivity index (χ4v) is 6.50. The van der Waals surface area contributed by atoms with Crippen LogP contribution in [-0.4, -0.2) is 37.2 Å². The number of hydrogen-bond acceptors (Lipinski definition) is 6. The molecule has 1 unspecified atom stereocenters. The van der Waals surface area contributed by atoms with Crippen LogP contribution >= 0.6 is 0 Å². The van der Waals surface area contributed by atoms with Gasteiger partial charge in [0.1, 0.15) is 13.2 Å². The Morgan fingerprint density at radius 1 is 0.375 bits per heavy atom. The Hall–Kier alpha value is -2.63. The van der Waals surface area contributed by atoms with E-state index < -0.39 is 6.10 Å². The number of unbranched alkanes of at least 4 members (excludes halogenated alkanes) is 23. The zero-order valence-corrected chi connectivity index (χ0v) is 36.9. The second-order valence-corrected chi connectivity index (χ2v) is 15.6. The summed E-state index contributed by atoms with van der Waals surface area (Å²) in [5.74, 6) is -0.943. The summed E-state index contributed by atoms with van der Waals surface area (Å²) in [5.41, 5.74) is 0. The molecule has 0 fully saturated rings. The van der Waals surface area contributed by atoms with Crippen molar-refractivity contribution >= 4 is 17.9 Å². The van der Waals surface area contributed by atoms with Crippen LogP contribution in [0.3, 0.4) is 0 Å². The van der Waals surface area contributed by atoms with E-state index in [4.69, 9.17) is 14.2 Å². The maximum Gasteiger partial charge on any atom is 0.306 e. The van der Waals surface area contributed by atoms with Crippen LogP contribution in [0.15, 0.2) is 48.6 Å².